The third kappa shape index (κ3) is 4.88. The number of thiocarbonyl (C=S) groups is 1. The van der Waals surface area contributed by atoms with Crippen molar-refractivity contribution in [3.05, 3.63) is 51.8 Å². The van der Waals surface area contributed by atoms with Crippen LogP contribution in [-0.4, -0.2) is 34.8 Å². The minimum Gasteiger partial charge on any atom is -0.381 e. The van der Waals surface area contributed by atoms with E-state index in [1.807, 2.05) is 18.2 Å². The summed E-state index contributed by atoms with van der Waals surface area (Å²) in [5, 5.41) is 7.64. The van der Waals surface area contributed by atoms with Gasteiger partial charge < -0.3 is 15.4 Å². The zero-order valence-corrected chi connectivity index (χ0v) is 16.6. The summed E-state index contributed by atoms with van der Waals surface area (Å²) in [6.45, 7) is 2.16. The molecular weight excluding hydrogens is 424 g/mol. The highest BCUT2D eigenvalue weighted by Gasteiger charge is 2.34. The molecule has 1 aliphatic rings. The van der Waals surface area contributed by atoms with E-state index < -0.39 is 0 Å². The Kier molecular flexibility index (Phi) is 6.22. The van der Waals surface area contributed by atoms with Crippen LogP contribution < -0.4 is 10.6 Å². The molecule has 0 aliphatic carbocycles. The van der Waals surface area contributed by atoms with Crippen LogP contribution in [0.25, 0.3) is 0 Å². The molecule has 0 bridgehead atoms. The second-order valence-electron chi connectivity index (χ2n) is 5.94. The summed E-state index contributed by atoms with van der Waals surface area (Å²) < 4.78 is 6.24. The Morgan fingerprint density at radius 1 is 1.28 bits per heavy atom. The maximum atomic E-state index is 6.20. The van der Waals surface area contributed by atoms with Gasteiger partial charge in [-0.15, -0.1) is 0 Å². The zero-order valence-electron chi connectivity index (χ0n) is 13.5. The highest BCUT2D eigenvalue weighted by Crippen LogP contribution is 2.35. The van der Waals surface area contributed by atoms with E-state index in [0.717, 1.165) is 31.1 Å². The van der Waals surface area contributed by atoms with Crippen LogP contribution in [0.3, 0.4) is 0 Å². The van der Waals surface area contributed by atoms with Gasteiger partial charge in [0.1, 0.15) is 4.60 Å². The summed E-state index contributed by atoms with van der Waals surface area (Å²) in [6, 6.07) is 8.04. The molecule has 1 aliphatic heterocycles. The SMILES string of the molecule is S=C(NCC1(c2cccc(Cl)c2)CCOCC1)Nc1cnc(Br)cn1. The topological polar surface area (TPSA) is 59.1 Å². The van der Waals surface area contributed by atoms with Gasteiger partial charge in [-0.25, -0.2) is 9.97 Å². The largest absolute Gasteiger partial charge is 0.381 e. The molecule has 25 heavy (non-hydrogen) atoms. The van der Waals surface area contributed by atoms with E-state index in [1.165, 1.54) is 5.56 Å². The molecule has 1 aromatic carbocycles. The number of anilines is 1. The molecule has 5 nitrogen and oxygen atoms in total. The Balaban J connectivity index is 1.68. The Morgan fingerprint density at radius 3 is 2.76 bits per heavy atom. The van der Waals surface area contributed by atoms with Crippen molar-refractivity contribution in [1.29, 1.82) is 0 Å². The summed E-state index contributed by atoms with van der Waals surface area (Å²) in [7, 11) is 0. The van der Waals surface area contributed by atoms with Crippen molar-refractivity contribution in [2.75, 3.05) is 25.1 Å². The molecule has 3 rings (SSSR count). The molecule has 0 saturated carbocycles. The van der Waals surface area contributed by atoms with Crippen LogP contribution in [0.1, 0.15) is 18.4 Å². The number of nitrogens with one attached hydrogen (secondary N) is 2. The van der Waals surface area contributed by atoms with Crippen molar-refractivity contribution in [1.82, 2.24) is 15.3 Å². The van der Waals surface area contributed by atoms with Crippen LogP contribution in [0.2, 0.25) is 5.02 Å². The quantitative estimate of drug-likeness (QED) is 0.701. The number of hydrogen-bond acceptors (Lipinski definition) is 4. The van der Waals surface area contributed by atoms with E-state index in [-0.39, 0.29) is 5.41 Å². The monoisotopic (exact) mass is 440 g/mol. The predicted molar refractivity (Wildman–Crippen MR) is 107 cm³/mol. The maximum absolute atomic E-state index is 6.20. The van der Waals surface area contributed by atoms with E-state index in [0.29, 0.717) is 22.1 Å². The van der Waals surface area contributed by atoms with E-state index in [2.05, 4.69) is 42.6 Å². The fourth-order valence-electron chi connectivity index (χ4n) is 2.93. The lowest BCUT2D eigenvalue weighted by atomic mass is 9.74. The average Bonchev–Trinajstić information content (AvgIpc) is 2.63. The number of benzene rings is 1. The normalized spacial score (nSPS) is 16.2. The predicted octanol–water partition coefficient (Wildman–Crippen LogP) is 3.93. The Hall–Kier alpha value is -1.28. The molecule has 8 heteroatoms. The lowest BCUT2D eigenvalue weighted by molar-refractivity contribution is 0.0515. The van der Waals surface area contributed by atoms with Gasteiger partial charge >= 0.3 is 0 Å². The fourth-order valence-corrected chi connectivity index (χ4v) is 3.51. The second-order valence-corrected chi connectivity index (χ2v) is 7.59. The molecule has 0 amide bonds. The highest BCUT2D eigenvalue weighted by molar-refractivity contribution is 9.10. The number of nitrogens with zero attached hydrogens (tertiary/aromatic N) is 2. The number of rotatable bonds is 4. The third-order valence-electron chi connectivity index (χ3n) is 4.34. The standard InChI is InChI=1S/C17H18BrClN4OS/c18-14-9-21-15(10-20-14)23-16(25)22-11-17(4-6-24-7-5-17)12-2-1-3-13(19)8-12/h1-3,8-10H,4-7,11H2,(H2,21,22,23,25). The van der Waals surface area contributed by atoms with Gasteiger partial charge in [-0.3, -0.25) is 0 Å². The van der Waals surface area contributed by atoms with Gasteiger partial charge in [0, 0.05) is 30.2 Å². The van der Waals surface area contributed by atoms with Crippen LogP contribution in [0.5, 0.6) is 0 Å². The maximum Gasteiger partial charge on any atom is 0.172 e. The Bertz CT molecular complexity index is 738. The van der Waals surface area contributed by atoms with Crippen LogP contribution in [-0.2, 0) is 10.2 Å². The summed E-state index contributed by atoms with van der Waals surface area (Å²) in [5.41, 5.74) is 1.15. The molecular formula is C17H18BrClN4OS. The van der Waals surface area contributed by atoms with E-state index >= 15 is 0 Å². The first-order valence-electron chi connectivity index (χ1n) is 7.94. The minimum absolute atomic E-state index is 0.0553. The van der Waals surface area contributed by atoms with Gasteiger partial charge in [0.15, 0.2) is 10.9 Å². The first kappa shape index (κ1) is 18.5. The molecule has 132 valence electrons. The first-order valence-corrected chi connectivity index (χ1v) is 9.52. The van der Waals surface area contributed by atoms with Gasteiger partial charge in [0.2, 0.25) is 0 Å². The summed E-state index contributed by atoms with van der Waals surface area (Å²) in [6.07, 6.45) is 5.08. The number of halogens is 2. The molecule has 0 radical (unpaired) electrons. The molecule has 2 N–H and O–H groups in total. The highest BCUT2D eigenvalue weighted by atomic mass is 79.9. The Labute approximate surface area is 165 Å². The molecule has 1 aromatic heterocycles. The Morgan fingerprint density at radius 2 is 2.08 bits per heavy atom. The molecule has 2 heterocycles. The smallest absolute Gasteiger partial charge is 0.172 e. The van der Waals surface area contributed by atoms with Crippen LogP contribution in [0.4, 0.5) is 5.82 Å². The molecule has 0 unspecified atom stereocenters. The lowest BCUT2D eigenvalue weighted by Gasteiger charge is -2.38. The van der Waals surface area contributed by atoms with Crippen LogP contribution >= 0.6 is 39.7 Å². The van der Waals surface area contributed by atoms with Gasteiger partial charge in [-0.2, -0.15) is 0 Å². The van der Waals surface area contributed by atoms with Gasteiger partial charge in [-0.1, -0.05) is 23.7 Å². The first-order chi connectivity index (χ1) is 12.1. The van der Waals surface area contributed by atoms with Crippen LogP contribution in [0, 0.1) is 0 Å². The molecule has 2 aromatic rings. The van der Waals surface area contributed by atoms with E-state index in [9.17, 15) is 0 Å². The fraction of sp³-hybridized carbons (Fsp3) is 0.353. The number of hydrogen-bond donors (Lipinski definition) is 2. The minimum atomic E-state index is -0.0553. The summed E-state index contributed by atoms with van der Waals surface area (Å²) in [4.78, 5) is 8.34. The summed E-state index contributed by atoms with van der Waals surface area (Å²) in [5.74, 6) is 0.601. The van der Waals surface area contributed by atoms with Gasteiger partial charge in [0.05, 0.1) is 12.4 Å². The summed E-state index contributed by atoms with van der Waals surface area (Å²) >= 11 is 14.9. The van der Waals surface area contributed by atoms with Crippen molar-refractivity contribution in [2.45, 2.75) is 18.3 Å². The zero-order chi connectivity index (χ0) is 17.7. The molecule has 1 saturated heterocycles. The average molecular weight is 442 g/mol. The van der Waals surface area contributed by atoms with Gasteiger partial charge in [-0.05, 0) is 58.7 Å². The number of ether oxygens (including phenoxy) is 1. The second kappa shape index (κ2) is 8.40. The van der Waals surface area contributed by atoms with Crippen molar-refractivity contribution in [3.8, 4) is 0 Å². The van der Waals surface area contributed by atoms with E-state index in [4.69, 9.17) is 28.6 Å². The van der Waals surface area contributed by atoms with E-state index in [1.54, 1.807) is 12.4 Å². The van der Waals surface area contributed by atoms with Crippen molar-refractivity contribution >= 4 is 50.7 Å². The molecule has 0 spiro atoms. The lowest BCUT2D eigenvalue weighted by Crippen LogP contribution is -2.45. The van der Waals surface area contributed by atoms with Crippen molar-refractivity contribution < 1.29 is 4.74 Å². The third-order valence-corrected chi connectivity index (χ3v) is 5.23. The van der Waals surface area contributed by atoms with Gasteiger partial charge in [0.25, 0.3) is 0 Å². The molecule has 0 atom stereocenters. The van der Waals surface area contributed by atoms with Crippen molar-refractivity contribution in [3.63, 3.8) is 0 Å². The van der Waals surface area contributed by atoms with Crippen molar-refractivity contribution in [2.24, 2.45) is 0 Å². The van der Waals surface area contributed by atoms with Crippen LogP contribution in [0.15, 0.2) is 41.3 Å². The molecule has 1 fully saturated rings. The number of aromatic nitrogens is 2.